The third-order valence-corrected chi connectivity index (χ3v) is 8.73. The van der Waals surface area contributed by atoms with Gasteiger partial charge in [0.15, 0.2) is 0 Å². The maximum Gasteiger partial charge on any atom is 0.244 e. The predicted molar refractivity (Wildman–Crippen MR) is 163 cm³/mol. The molecule has 0 aliphatic heterocycles. The van der Waals surface area contributed by atoms with E-state index in [-0.39, 0.29) is 41.9 Å². The first-order valence-electron chi connectivity index (χ1n) is 14.2. The molecule has 11 heteroatoms. The Morgan fingerprint density at radius 2 is 1.65 bits per heavy atom. The summed E-state index contributed by atoms with van der Waals surface area (Å²) in [4.78, 5) is 29.4. The van der Waals surface area contributed by atoms with Crippen molar-refractivity contribution < 1.29 is 31.9 Å². The molecule has 3 aromatic rings. The topological polar surface area (TPSA) is 105 Å². The summed E-state index contributed by atoms with van der Waals surface area (Å²) in [5.74, 6) is -0.958. The summed E-state index contributed by atoms with van der Waals surface area (Å²) < 4.78 is 52.7. The van der Waals surface area contributed by atoms with Crippen molar-refractivity contribution in [2.45, 2.75) is 50.7 Å². The Hall–Kier alpha value is -4.12. The molecule has 1 atom stereocenters. The minimum atomic E-state index is -4.01. The number of rotatable bonds is 13. The van der Waals surface area contributed by atoms with E-state index in [4.69, 9.17) is 9.47 Å². The number of hydrogen-bond acceptors (Lipinski definition) is 6. The fraction of sp³-hybridized carbons (Fsp3) is 0.375. The third-order valence-electron chi connectivity index (χ3n) is 7.61. The van der Waals surface area contributed by atoms with Crippen LogP contribution in [0, 0.1) is 5.82 Å². The molecule has 230 valence electrons. The second-order valence-corrected chi connectivity index (χ2v) is 12.5. The highest BCUT2D eigenvalue weighted by Gasteiger charge is 2.35. The number of ether oxygens (including phenoxy) is 2. The maximum absolute atomic E-state index is 14.9. The second kappa shape index (κ2) is 14.4. The molecule has 1 N–H and O–H groups in total. The van der Waals surface area contributed by atoms with Gasteiger partial charge in [-0.1, -0.05) is 61.4 Å². The zero-order valence-electron chi connectivity index (χ0n) is 24.7. The molecule has 4 rings (SSSR count). The quantitative estimate of drug-likeness (QED) is 0.309. The molecule has 0 spiro atoms. The van der Waals surface area contributed by atoms with Crippen LogP contribution in [0.15, 0.2) is 72.8 Å². The van der Waals surface area contributed by atoms with Crippen molar-refractivity contribution in [2.24, 2.45) is 0 Å². The predicted octanol–water partition coefficient (Wildman–Crippen LogP) is 4.31. The van der Waals surface area contributed by atoms with E-state index in [9.17, 15) is 22.4 Å². The van der Waals surface area contributed by atoms with Crippen LogP contribution in [0.1, 0.15) is 36.8 Å². The summed E-state index contributed by atoms with van der Waals surface area (Å²) >= 11 is 0. The number of carbonyl (C=O) groups excluding carboxylic acids is 2. The maximum atomic E-state index is 14.9. The van der Waals surface area contributed by atoms with Crippen LogP contribution < -0.4 is 19.1 Å². The Balaban J connectivity index is 1.76. The van der Waals surface area contributed by atoms with E-state index < -0.39 is 34.3 Å². The monoisotopic (exact) mass is 611 g/mol. The summed E-state index contributed by atoms with van der Waals surface area (Å²) in [6.45, 7) is -0.879. The SMILES string of the molecule is COc1ccc(N(CC(=O)N(Cc2ccccc2F)[C@@H](Cc2ccccc2)C(=O)NC2CCCC2)S(C)(=O)=O)c(OC)c1. The smallest absolute Gasteiger partial charge is 0.244 e. The van der Waals surface area contributed by atoms with Crippen LogP contribution in [0.5, 0.6) is 11.5 Å². The van der Waals surface area contributed by atoms with Crippen molar-refractivity contribution in [1.82, 2.24) is 10.2 Å². The number of carbonyl (C=O) groups is 2. The van der Waals surface area contributed by atoms with Crippen molar-refractivity contribution in [3.63, 3.8) is 0 Å². The Labute approximate surface area is 252 Å². The Bertz CT molecular complexity index is 1510. The molecule has 2 amide bonds. The van der Waals surface area contributed by atoms with Crippen LogP contribution in [0.3, 0.4) is 0 Å². The Kier molecular flexibility index (Phi) is 10.6. The van der Waals surface area contributed by atoms with Crippen LogP contribution >= 0.6 is 0 Å². The van der Waals surface area contributed by atoms with E-state index in [1.165, 1.54) is 37.3 Å². The molecule has 0 saturated heterocycles. The molecular formula is C32H38FN3O6S. The van der Waals surface area contributed by atoms with E-state index in [0.29, 0.717) is 5.75 Å². The van der Waals surface area contributed by atoms with Gasteiger partial charge < -0.3 is 19.7 Å². The lowest BCUT2D eigenvalue weighted by atomic mass is 10.0. The highest BCUT2D eigenvalue weighted by atomic mass is 32.2. The molecular weight excluding hydrogens is 573 g/mol. The molecule has 0 bridgehead atoms. The fourth-order valence-electron chi connectivity index (χ4n) is 5.32. The molecule has 1 aliphatic rings. The van der Waals surface area contributed by atoms with Crippen LogP contribution in [0.2, 0.25) is 0 Å². The molecule has 0 radical (unpaired) electrons. The molecule has 0 aromatic heterocycles. The lowest BCUT2D eigenvalue weighted by Crippen LogP contribution is -2.54. The zero-order valence-corrected chi connectivity index (χ0v) is 25.5. The van der Waals surface area contributed by atoms with E-state index in [0.717, 1.165) is 41.8 Å². The van der Waals surface area contributed by atoms with E-state index >= 15 is 0 Å². The van der Waals surface area contributed by atoms with Crippen molar-refractivity contribution in [3.05, 3.63) is 89.7 Å². The van der Waals surface area contributed by atoms with Gasteiger partial charge in [0, 0.05) is 30.6 Å². The van der Waals surface area contributed by atoms with Gasteiger partial charge in [-0.25, -0.2) is 12.8 Å². The van der Waals surface area contributed by atoms with E-state index in [2.05, 4.69) is 5.32 Å². The summed E-state index contributed by atoms with van der Waals surface area (Å²) in [7, 11) is -1.16. The van der Waals surface area contributed by atoms with Gasteiger partial charge in [0.05, 0.1) is 26.2 Å². The van der Waals surface area contributed by atoms with Crippen molar-refractivity contribution in [2.75, 3.05) is 31.3 Å². The van der Waals surface area contributed by atoms with Crippen LogP contribution in [-0.2, 0) is 32.6 Å². The Morgan fingerprint density at radius 1 is 0.977 bits per heavy atom. The highest BCUT2D eigenvalue weighted by molar-refractivity contribution is 7.92. The number of amides is 2. The molecule has 43 heavy (non-hydrogen) atoms. The number of anilines is 1. The lowest BCUT2D eigenvalue weighted by molar-refractivity contribution is -0.140. The van der Waals surface area contributed by atoms with Gasteiger partial charge in [-0.05, 0) is 36.6 Å². The van der Waals surface area contributed by atoms with E-state index in [1.54, 1.807) is 24.3 Å². The summed E-state index contributed by atoms with van der Waals surface area (Å²) in [5.41, 5.74) is 1.13. The van der Waals surface area contributed by atoms with Gasteiger partial charge in [-0.3, -0.25) is 13.9 Å². The second-order valence-electron chi connectivity index (χ2n) is 10.6. The summed E-state index contributed by atoms with van der Waals surface area (Å²) in [5, 5.41) is 3.09. The molecule has 1 fully saturated rings. The van der Waals surface area contributed by atoms with Gasteiger partial charge in [-0.15, -0.1) is 0 Å². The Morgan fingerprint density at radius 3 is 2.28 bits per heavy atom. The fourth-order valence-corrected chi connectivity index (χ4v) is 6.17. The minimum Gasteiger partial charge on any atom is -0.497 e. The number of nitrogens with zero attached hydrogens (tertiary/aromatic N) is 2. The highest BCUT2D eigenvalue weighted by Crippen LogP contribution is 2.34. The largest absolute Gasteiger partial charge is 0.497 e. The first kappa shape index (κ1) is 31.8. The minimum absolute atomic E-state index is 0.0211. The number of hydrogen-bond donors (Lipinski definition) is 1. The first-order chi connectivity index (χ1) is 20.6. The molecule has 1 aliphatic carbocycles. The lowest BCUT2D eigenvalue weighted by Gasteiger charge is -2.34. The number of sulfonamides is 1. The number of methoxy groups -OCH3 is 2. The van der Waals surface area contributed by atoms with Crippen LogP contribution in [0.25, 0.3) is 0 Å². The average Bonchev–Trinajstić information content (AvgIpc) is 3.51. The zero-order chi connectivity index (χ0) is 31.0. The van der Waals surface area contributed by atoms with Gasteiger partial charge in [-0.2, -0.15) is 0 Å². The normalized spacial score (nSPS) is 14.1. The van der Waals surface area contributed by atoms with Gasteiger partial charge in [0.2, 0.25) is 21.8 Å². The van der Waals surface area contributed by atoms with Crippen LogP contribution in [-0.4, -0.2) is 64.2 Å². The standard InChI is InChI=1S/C32H38FN3O6S/c1-41-26-17-18-28(30(20-26)42-2)36(43(3,39)40)22-31(37)35(21-24-13-7-10-16-27(24)33)29(19-23-11-5-4-6-12-23)32(38)34-25-14-8-9-15-25/h4-7,10-13,16-18,20,25,29H,8-9,14-15,19,21-22H2,1-3H3,(H,34,38)/t29-/m0/s1. The molecule has 0 heterocycles. The van der Waals surface area contributed by atoms with E-state index in [1.807, 2.05) is 30.3 Å². The summed E-state index contributed by atoms with van der Waals surface area (Å²) in [6, 6.07) is 18.8. The number of nitrogens with one attached hydrogen (secondary N) is 1. The van der Waals surface area contributed by atoms with Crippen LogP contribution in [0.4, 0.5) is 10.1 Å². The number of halogens is 1. The average molecular weight is 612 g/mol. The summed E-state index contributed by atoms with van der Waals surface area (Å²) in [6.07, 6.45) is 4.82. The molecule has 1 saturated carbocycles. The first-order valence-corrected chi connectivity index (χ1v) is 16.0. The molecule has 3 aromatic carbocycles. The van der Waals surface area contributed by atoms with Gasteiger partial charge in [0.25, 0.3) is 0 Å². The van der Waals surface area contributed by atoms with Gasteiger partial charge in [0.1, 0.15) is 29.9 Å². The molecule has 9 nitrogen and oxygen atoms in total. The third kappa shape index (κ3) is 8.25. The molecule has 0 unspecified atom stereocenters. The van der Waals surface area contributed by atoms with Crippen molar-refractivity contribution in [1.29, 1.82) is 0 Å². The van der Waals surface area contributed by atoms with Crippen molar-refractivity contribution in [3.8, 4) is 11.5 Å². The number of benzene rings is 3. The van der Waals surface area contributed by atoms with Crippen molar-refractivity contribution >= 4 is 27.5 Å². The van der Waals surface area contributed by atoms with Gasteiger partial charge >= 0.3 is 0 Å².